The van der Waals surface area contributed by atoms with Crippen LogP contribution >= 0.6 is 22.9 Å². The molecule has 2 aromatic rings. The minimum atomic E-state index is -0.350. The second-order valence-corrected chi connectivity index (χ2v) is 5.05. The van der Waals surface area contributed by atoms with Crippen LogP contribution in [0.15, 0.2) is 23.6 Å². The van der Waals surface area contributed by atoms with E-state index in [1.165, 1.54) is 0 Å². The van der Waals surface area contributed by atoms with Crippen LogP contribution in [-0.2, 0) is 13.1 Å². The summed E-state index contributed by atoms with van der Waals surface area (Å²) >= 11 is 7.30. The van der Waals surface area contributed by atoms with E-state index in [-0.39, 0.29) is 10.8 Å². The molecule has 0 aliphatic heterocycles. The van der Waals surface area contributed by atoms with Crippen molar-refractivity contribution in [3.63, 3.8) is 0 Å². The Balaban J connectivity index is 1.92. The van der Waals surface area contributed by atoms with E-state index in [2.05, 4.69) is 10.3 Å². The maximum absolute atomic E-state index is 13.5. The fourth-order valence-corrected chi connectivity index (χ4v) is 2.41. The summed E-state index contributed by atoms with van der Waals surface area (Å²) in [5.74, 6) is -0.350. The van der Waals surface area contributed by atoms with Gasteiger partial charge in [-0.05, 0) is 13.0 Å². The molecule has 0 unspecified atom stereocenters. The van der Waals surface area contributed by atoms with E-state index >= 15 is 0 Å². The van der Waals surface area contributed by atoms with Crippen LogP contribution in [0.5, 0.6) is 0 Å². The van der Waals surface area contributed by atoms with Crippen LogP contribution in [0.25, 0.3) is 0 Å². The van der Waals surface area contributed by atoms with Crippen LogP contribution in [0.2, 0.25) is 5.02 Å². The molecule has 90 valence electrons. The first-order valence-corrected chi connectivity index (χ1v) is 6.47. The normalized spacial score (nSPS) is 10.8. The largest absolute Gasteiger partial charge is 0.306 e. The maximum atomic E-state index is 13.5. The highest BCUT2D eigenvalue weighted by Gasteiger charge is 2.05. The Kier molecular flexibility index (Phi) is 4.10. The van der Waals surface area contributed by atoms with E-state index in [1.54, 1.807) is 29.5 Å². The number of hydrogen-bond donors (Lipinski definition) is 1. The highest BCUT2D eigenvalue weighted by Crippen LogP contribution is 2.17. The smallest absolute Gasteiger partial charge is 0.146 e. The van der Waals surface area contributed by atoms with E-state index < -0.39 is 0 Å². The Labute approximate surface area is 108 Å². The predicted molar refractivity (Wildman–Crippen MR) is 68.8 cm³/mol. The molecule has 2 rings (SSSR count). The molecule has 5 heteroatoms. The van der Waals surface area contributed by atoms with Crippen molar-refractivity contribution in [2.45, 2.75) is 20.0 Å². The third kappa shape index (κ3) is 3.25. The summed E-state index contributed by atoms with van der Waals surface area (Å²) in [4.78, 5) is 4.32. The summed E-state index contributed by atoms with van der Waals surface area (Å²) in [6.07, 6.45) is 0. The number of thiazole rings is 1. The molecule has 0 atom stereocenters. The Bertz CT molecular complexity index is 513. The van der Waals surface area contributed by atoms with Crippen molar-refractivity contribution < 1.29 is 4.39 Å². The molecular weight excluding hydrogens is 259 g/mol. The molecule has 0 bridgehead atoms. The molecule has 0 saturated carbocycles. The second kappa shape index (κ2) is 5.58. The van der Waals surface area contributed by atoms with E-state index in [9.17, 15) is 4.39 Å². The summed E-state index contributed by atoms with van der Waals surface area (Å²) in [5.41, 5.74) is 1.59. The van der Waals surface area contributed by atoms with Gasteiger partial charge in [-0.15, -0.1) is 11.3 Å². The zero-order chi connectivity index (χ0) is 12.3. The summed E-state index contributed by atoms with van der Waals surface area (Å²) in [5, 5.41) is 6.31. The highest BCUT2D eigenvalue weighted by molar-refractivity contribution is 7.09. The molecule has 0 fully saturated rings. The van der Waals surface area contributed by atoms with Crippen LogP contribution < -0.4 is 5.32 Å². The Morgan fingerprint density at radius 3 is 2.94 bits per heavy atom. The lowest BCUT2D eigenvalue weighted by molar-refractivity contribution is 0.588. The van der Waals surface area contributed by atoms with Gasteiger partial charge in [0.05, 0.1) is 5.02 Å². The number of nitrogens with one attached hydrogen (secondary N) is 1. The van der Waals surface area contributed by atoms with Crippen molar-refractivity contribution in [1.82, 2.24) is 10.3 Å². The SMILES string of the molecule is Cc1csc(CNCc2cccc(Cl)c2F)n1. The van der Waals surface area contributed by atoms with Gasteiger partial charge in [-0.1, -0.05) is 23.7 Å². The lowest BCUT2D eigenvalue weighted by Gasteiger charge is -2.05. The van der Waals surface area contributed by atoms with Crippen LogP contribution in [0, 0.1) is 12.7 Å². The molecule has 1 N–H and O–H groups in total. The predicted octanol–water partition coefficient (Wildman–Crippen LogP) is 3.53. The zero-order valence-electron chi connectivity index (χ0n) is 9.34. The minimum Gasteiger partial charge on any atom is -0.306 e. The van der Waals surface area contributed by atoms with Crippen molar-refractivity contribution in [3.05, 3.63) is 50.7 Å². The van der Waals surface area contributed by atoms with E-state index in [0.717, 1.165) is 10.7 Å². The van der Waals surface area contributed by atoms with Crippen molar-refractivity contribution in [2.24, 2.45) is 0 Å². The van der Waals surface area contributed by atoms with Gasteiger partial charge in [0, 0.05) is 29.7 Å². The average molecular weight is 271 g/mol. The van der Waals surface area contributed by atoms with Crippen LogP contribution in [0.1, 0.15) is 16.3 Å². The summed E-state index contributed by atoms with van der Waals surface area (Å²) in [6, 6.07) is 5.02. The van der Waals surface area contributed by atoms with Gasteiger partial charge in [-0.3, -0.25) is 0 Å². The minimum absolute atomic E-state index is 0.161. The van der Waals surface area contributed by atoms with Gasteiger partial charge in [-0.2, -0.15) is 0 Å². The van der Waals surface area contributed by atoms with E-state index in [4.69, 9.17) is 11.6 Å². The quantitative estimate of drug-likeness (QED) is 0.919. The average Bonchev–Trinajstić information content (AvgIpc) is 2.70. The lowest BCUT2D eigenvalue weighted by Crippen LogP contribution is -2.13. The number of halogens is 2. The first kappa shape index (κ1) is 12.5. The molecule has 0 aliphatic rings. The number of nitrogens with zero attached hydrogens (tertiary/aromatic N) is 1. The number of aryl methyl sites for hydroxylation is 1. The highest BCUT2D eigenvalue weighted by atomic mass is 35.5. The monoisotopic (exact) mass is 270 g/mol. The molecule has 1 aromatic heterocycles. The molecule has 1 aromatic carbocycles. The summed E-state index contributed by atoms with van der Waals surface area (Å²) in [6.45, 7) is 3.05. The first-order chi connectivity index (χ1) is 8.16. The summed E-state index contributed by atoms with van der Waals surface area (Å²) < 4.78 is 13.5. The fraction of sp³-hybridized carbons (Fsp3) is 0.250. The molecule has 0 aliphatic carbocycles. The van der Waals surface area contributed by atoms with Gasteiger partial charge >= 0.3 is 0 Å². The van der Waals surface area contributed by atoms with Gasteiger partial charge in [0.2, 0.25) is 0 Å². The Morgan fingerprint density at radius 1 is 1.41 bits per heavy atom. The van der Waals surface area contributed by atoms with Crippen LogP contribution in [0.4, 0.5) is 4.39 Å². The van der Waals surface area contributed by atoms with E-state index in [1.807, 2.05) is 12.3 Å². The fourth-order valence-electron chi connectivity index (χ4n) is 1.47. The lowest BCUT2D eigenvalue weighted by atomic mass is 10.2. The van der Waals surface area contributed by atoms with Crippen LogP contribution in [-0.4, -0.2) is 4.98 Å². The van der Waals surface area contributed by atoms with Gasteiger partial charge in [-0.25, -0.2) is 9.37 Å². The van der Waals surface area contributed by atoms with Gasteiger partial charge < -0.3 is 5.32 Å². The maximum Gasteiger partial charge on any atom is 0.146 e. The molecule has 1 heterocycles. The third-order valence-corrected chi connectivity index (χ3v) is 3.55. The van der Waals surface area contributed by atoms with E-state index in [0.29, 0.717) is 18.7 Å². The molecule has 17 heavy (non-hydrogen) atoms. The van der Waals surface area contributed by atoms with Gasteiger partial charge in [0.25, 0.3) is 0 Å². The van der Waals surface area contributed by atoms with Crippen molar-refractivity contribution in [3.8, 4) is 0 Å². The summed E-state index contributed by atoms with van der Waals surface area (Å²) in [7, 11) is 0. The molecule has 0 radical (unpaired) electrons. The number of benzene rings is 1. The molecular formula is C12H12ClFN2S. The van der Waals surface area contributed by atoms with Crippen LogP contribution in [0.3, 0.4) is 0 Å². The standard InChI is InChI=1S/C12H12ClFN2S/c1-8-7-17-11(16-8)6-15-5-9-3-2-4-10(13)12(9)14/h2-4,7,15H,5-6H2,1H3. The van der Waals surface area contributed by atoms with Crippen molar-refractivity contribution in [2.75, 3.05) is 0 Å². The number of aromatic nitrogens is 1. The number of rotatable bonds is 4. The number of hydrogen-bond acceptors (Lipinski definition) is 3. The molecule has 2 nitrogen and oxygen atoms in total. The second-order valence-electron chi connectivity index (χ2n) is 3.70. The molecule has 0 spiro atoms. The third-order valence-electron chi connectivity index (χ3n) is 2.29. The van der Waals surface area contributed by atoms with Crippen molar-refractivity contribution in [1.29, 1.82) is 0 Å². The molecule has 0 amide bonds. The topological polar surface area (TPSA) is 24.9 Å². The first-order valence-electron chi connectivity index (χ1n) is 5.21. The van der Waals surface area contributed by atoms with Crippen molar-refractivity contribution >= 4 is 22.9 Å². The van der Waals surface area contributed by atoms with Gasteiger partial charge in [0.15, 0.2) is 0 Å². The van der Waals surface area contributed by atoms with Gasteiger partial charge in [0.1, 0.15) is 10.8 Å². The zero-order valence-corrected chi connectivity index (χ0v) is 10.9. The molecule has 0 saturated heterocycles. The Morgan fingerprint density at radius 2 is 2.24 bits per heavy atom. The Hall–Kier alpha value is -0.970.